The molecule has 0 aromatic heterocycles. The summed E-state index contributed by atoms with van der Waals surface area (Å²) in [5, 5.41) is 0. The summed E-state index contributed by atoms with van der Waals surface area (Å²) in [6.45, 7) is 7.74. The lowest BCUT2D eigenvalue weighted by molar-refractivity contribution is -0.104. The molecule has 0 saturated carbocycles. The van der Waals surface area contributed by atoms with Crippen LogP contribution in [0, 0.1) is 0 Å². The zero-order chi connectivity index (χ0) is 9.23. The molecule has 72 valence electrons. The molecule has 0 rings (SSSR count). The maximum absolute atomic E-state index is 5.24. The summed E-state index contributed by atoms with van der Waals surface area (Å²) in [6, 6.07) is 0. The Kier molecular flexibility index (Phi) is 8.17. The van der Waals surface area contributed by atoms with E-state index >= 15 is 0 Å². The Hall–Kier alpha value is -0.540. The van der Waals surface area contributed by atoms with Crippen LogP contribution in [0.4, 0.5) is 0 Å². The second-order valence-electron chi connectivity index (χ2n) is 2.06. The fourth-order valence-corrected chi connectivity index (χ4v) is 0.704. The lowest BCUT2D eigenvalue weighted by Crippen LogP contribution is -2.14. The second-order valence-corrected chi connectivity index (χ2v) is 2.06. The van der Waals surface area contributed by atoms with Gasteiger partial charge in [-0.05, 0) is 20.8 Å². The molecule has 0 aliphatic carbocycles. The van der Waals surface area contributed by atoms with Crippen molar-refractivity contribution in [1.29, 1.82) is 0 Å². The molecule has 0 amide bonds. The van der Waals surface area contributed by atoms with E-state index in [2.05, 4.69) is 0 Å². The van der Waals surface area contributed by atoms with Crippen molar-refractivity contribution in [3.05, 3.63) is 12.3 Å². The molecule has 0 heterocycles. The van der Waals surface area contributed by atoms with E-state index < -0.39 is 0 Å². The monoisotopic (exact) mass is 174 g/mol. The van der Waals surface area contributed by atoms with Gasteiger partial charge in [0.05, 0.1) is 12.9 Å². The van der Waals surface area contributed by atoms with Gasteiger partial charge in [-0.25, -0.2) is 0 Å². The van der Waals surface area contributed by atoms with Crippen LogP contribution in [0.5, 0.6) is 0 Å². The van der Waals surface area contributed by atoms with Crippen LogP contribution in [0.3, 0.4) is 0 Å². The van der Waals surface area contributed by atoms with Gasteiger partial charge in [-0.15, -0.1) is 0 Å². The molecule has 0 aromatic rings. The van der Waals surface area contributed by atoms with Crippen LogP contribution in [0.25, 0.3) is 0 Å². The van der Waals surface area contributed by atoms with E-state index in [1.807, 2.05) is 20.8 Å². The molecule has 3 heteroatoms. The minimum Gasteiger partial charge on any atom is -0.502 e. The van der Waals surface area contributed by atoms with Gasteiger partial charge < -0.3 is 14.2 Å². The maximum Gasteiger partial charge on any atom is 0.179 e. The molecule has 0 aliphatic heterocycles. The first-order valence-corrected chi connectivity index (χ1v) is 4.36. The van der Waals surface area contributed by atoms with Gasteiger partial charge in [-0.1, -0.05) is 0 Å². The zero-order valence-electron chi connectivity index (χ0n) is 8.08. The third-order valence-corrected chi connectivity index (χ3v) is 1.16. The predicted molar refractivity (Wildman–Crippen MR) is 47.8 cm³/mol. The van der Waals surface area contributed by atoms with Crippen LogP contribution in [0.1, 0.15) is 20.8 Å². The second kappa shape index (κ2) is 8.56. The number of hydrogen-bond acceptors (Lipinski definition) is 3. The van der Waals surface area contributed by atoms with Crippen molar-refractivity contribution in [2.75, 3.05) is 19.8 Å². The van der Waals surface area contributed by atoms with Gasteiger partial charge in [-0.2, -0.15) is 0 Å². The summed E-state index contributed by atoms with van der Waals surface area (Å²) in [4.78, 5) is 0. The van der Waals surface area contributed by atoms with Gasteiger partial charge in [0, 0.05) is 19.3 Å². The van der Waals surface area contributed by atoms with Crippen molar-refractivity contribution < 1.29 is 14.2 Å². The van der Waals surface area contributed by atoms with E-state index in [-0.39, 0.29) is 6.29 Å². The molecule has 0 spiro atoms. The largest absolute Gasteiger partial charge is 0.502 e. The van der Waals surface area contributed by atoms with E-state index in [4.69, 9.17) is 14.2 Å². The first-order chi connectivity index (χ1) is 5.85. The Morgan fingerprint density at radius 2 is 1.58 bits per heavy atom. The fourth-order valence-electron chi connectivity index (χ4n) is 0.704. The van der Waals surface area contributed by atoms with E-state index in [1.165, 1.54) is 0 Å². The average Bonchev–Trinajstić information content (AvgIpc) is 2.06. The maximum atomic E-state index is 5.24. The quantitative estimate of drug-likeness (QED) is 0.436. The van der Waals surface area contributed by atoms with Crippen LogP contribution in [-0.4, -0.2) is 26.1 Å². The molecule has 0 bridgehead atoms. The molecule has 0 atom stereocenters. The molecule has 0 fully saturated rings. The summed E-state index contributed by atoms with van der Waals surface area (Å²) in [5.41, 5.74) is 0. The Balaban J connectivity index is 3.60. The Morgan fingerprint density at radius 3 is 2.00 bits per heavy atom. The number of ether oxygens (including phenoxy) is 3. The van der Waals surface area contributed by atoms with E-state index in [0.717, 1.165) is 0 Å². The van der Waals surface area contributed by atoms with E-state index in [1.54, 1.807) is 12.3 Å². The normalized spacial score (nSPS) is 11.3. The highest BCUT2D eigenvalue weighted by Gasteiger charge is 2.00. The lowest BCUT2D eigenvalue weighted by atomic mass is 10.6. The standard InChI is InChI=1S/C9H18O3/c1-4-10-8-7-9(11-5-2)12-6-3/h7-9H,4-6H2,1-3H3/b8-7-. The molecule has 0 aliphatic rings. The van der Waals surface area contributed by atoms with Crippen LogP contribution in [0.15, 0.2) is 12.3 Å². The van der Waals surface area contributed by atoms with Gasteiger partial charge in [-0.3, -0.25) is 0 Å². The van der Waals surface area contributed by atoms with E-state index in [0.29, 0.717) is 19.8 Å². The summed E-state index contributed by atoms with van der Waals surface area (Å²) in [7, 11) is 0. The summed E-state index contributed by atoms with van der Waals surface area (Å²) in [6.07, 6.45) is 3.10. The van der Waals surface area contributed by atoms with Crippen molar-refractivity contribution >= 4 is 0 Å². The fraction of sp³-hybridized carbons (Fsp3) is 0.778. The molecule has 0 radical (unpaired) electrons. The van der Waals surface area contributed by atoms with Crippen molar-refractivity contribution in [3.63, 3.8) is 0 Å². The van der Waals surface area contributed by atoms with Crippen molar-refractivity contribution in [2.24, 2.45) is 0 Å². The van der Waals surface area contributed by atoms with Crippen molar-refractivity contribution in [1.82, 2.24) is 0 Å². The molecule has 0 saturated heterocycles. The molecule has 0 aromatic carbocycles. The third-order valence-electron chi connectivity index (χ3n) is 1.16. The predicted octanol–water partition coefficient (Wildman–Crippen LogP) is 1.94. The highest BCUT2D eigenvalue weighted by Crippen LogP contribution is 1.97. The van der Waals surface area contributed by atoms with Gasteiger partial charge in [0.15, 0.2) is 6.29 Å². The van der Waals surface area contributed by atoms with Crippen LogP contribution >= 0.6 is 0 Å². The minimum atomic E-state index is -0.272. The van der Waals surface area contributed by atoms with Gasteiger partial charge >= 0.3 is 0 Å². The first kappa shape index (κ1) is 11.5. The van der Waals surface area contributed by atoms with E-state index in [9.17, 15) is 0 Å². The summed E-state index contributed by atoms with van der Waals surface area (Å²) in [5.74, 6) is 0. The SMILES string of the molecule is CCO/C=C\C(OCC)OCC. The smallest absolute Gasteiger partial charge is 0.179 e. The molecule has 3 nitrogen and oxygen atoms in total. The van der Waals surface area contributed by atoms with Crippen molar-refractivity contribution in [2.45, 2.75) is 27.1 Å². The molecule has 12 heavy (non-hydrogen) atoms. The highest BCUT2D eigenvalue weighted by atomic mass is 16.7. The number of rotatable bonds is 7. The third kappa shape index (κ3) is 6.19. The highest BCUT2D eigenvalue weighted by molar-refractivity contribution is 4.78. The Labute approximate surface area is 74.3 Å². The minimum absolute atomic E-state index is 0.272. The average molecular weight is 174 g/mol. The Bertz CT molecular complexity index is 106. The lowest BCUT2D eigenvalue weighted by Gasteiger charge is -2.11. The zero-order valence-corrected chi connectivity index (χ0v) is 8.08. The Morgan fingerprint density at radius 1 is 1.00 bits per heavy atom. The molecule has 0 unspecified atom stereocenters. The summed E-state index contributed by atoms with van der Waals surface area (Å²) < 4.78 is 15.5. The van der Waals surface area contributed by atoms with Gasteiger partial charge in [0.1, 0.15) is 0 Å². The van der Waals surface area contributed by atoms with Crippen LogP contribution < -0.4 is 0 Å². The van der Waals surface area contributed by atoms with Gasteiger partial charge in [0.25, 0.3) is 0 Å². The van der Waals surface area contributed by atoms with Crippen molar-refractivity contribution in [3.8, 4) is 0 Å². The molecular weight excluding hydrogens is 156 g/mol. The molecule has 0 N–H and O–H groups in total. The number of hydrogen-bond donors (Lipinski definition) is 0. The first-order valence-electron chi connectivity index (χ1n) is 4.36. The van der Waals surface area contributed by atoms with Crippen LogP contribution in [-0.2, 0) is 14.2 Å². The summed E-state index contributed by atoms with van der Waals surface area (Å²) >= 11 is 0. The van der Waals surface area contributed by atoms with Crippen LogP contribution in [0.2, 0.25) is 0 Å². The van der Waals surface area contributed by atoms with Gasteiger partial charge in [0.2, 0.25) is 0 Å². The molecular formula is C9H18O3. The topological polar surface area (TPSA) is 27.7 Å².